The van der Waals surface area contributed by atoms with E-state index in [9.17, 15) is 0 Å². The van der Waals surface area contributed by atoms with Crippen molar-refractivity contribution in [2.45, 2.75) is 19.4 Å². The van der Waals surface area contributed by atoms with Crippen molar-refractivity contribution in [1.29, 1.82) is 0 Å². The molecule has 1 heterocycles. The van der Waals surface area contributed by atoms with E-state index in [0.717, 1.165) is 16.9 Å². The molecule has 3 rings (SSSR count). The summed E-state index contributed by atoms with van der Waals surface area (Å²) >= 11 is 0. The smallest absolute Gasteiger partial charge is 0.0458 e. The summed E-state index contributed by atoms with van der Waals surface area (Å²) in [6.45, 7) is 2.81. The number of hydrogen-bond donors (Lipinski definition) is 3. The zero-order valence-corrected chi connectivity index (χ0v) is 12.0. The summed E-state index contributed by atoms with van der Waals surface area (Å²) in [6.07, 6.45) is 2.60. The van der Waals surface area contributed by atoms with Crippen LogP contribution >= 0.6 is 0 Å². The average molecular weight is 283 g/mol. The number of nitrogens with one attached hydrogen (secondary N) is 2. The summed E-state index contributed by atoms with van der Waals surface area (Å²) in [5.74, 6) is 0. The Hall–Kier alpha value is -2.04. The third-order valence-corrected chi connectivity index (χ3v) is 3.86. The van der Waals surface area contributed by atoms with Crippen molar-refractivity contribution >= 4 is 17.1 Å². The minimum Gasteiger partial charge on any atom is -0.372 e. The molecule has 3 N–H and O–H groups in total. The quantitative estimate of drug-likeness (QED) is 0.735. The molecule has 0 saturated carbocycles. The first-order valence-corrected chi connectivity index (χ1v) is 7.43. The fourth-order valence-electron chi connectivity index (χ4n) is 2.69. The van der Waals surface area contributed by atoms with Crippen LogP contribution in [0.1, 0.15) is 18.4 Å². The summed E-state index contributed by atoms with van der Waals surface area (Å²) in [5, 5.41) is 12.1. The summed E-state index contributed by atoms with van der Waals surface area (Å²) in [6, 6.07) is 16.6. The number of nitrogens with zero attached hydrogens (tertiary/aromatic N) is 1. The van der Waals surface area contributed by atoms with E-state index in [2.05, 4.69) is 40.0 Å². The molecule has 2 aromatic carbocycles. The Morgan fingerprint density at radius 3 is 2.00 bits per heavy atom. The molecule has 4 heteroatoms. The van der Waals surface area contributed by atoms with Crippen LogP contribution in [-0.2, 0) is 6.54 Å². The van der Waals surface area contributed by atoms with Gasteiger partial charge in [0.2, 0.25) is 0 Å². The van der Waals surface area contributed by atoms with Gasteiger partial charge in [-0.05, 0) is 54.8 Å². The molecule has 0 radical (unpaired) electrons. The van der Waals surface area contributed by atoms with Crippen LogP contribution in [-0.4, -0.2) is 18.3 Å². The number of rotatable bonds is 5. The van der Waals surface area contributed by atoms with E-state index in [4.69, 9.17) is 5.21 Å². The fraction of sp³-hybridized carbons (Fsp3) is 0.294. The van der Waals surface area contributed by atoms with Crippen molar-refractivity contribution in [2.24, 2.45) is 0 Å². The van der Waals surface area contributed by atoms with Gasteiger partial charge in [0, 0.05) is 36.7 Å². The van der Waals surface area contributed by atoms with Gasteiger partial charge in [0.1, 0.15) is 0 Å². The maximum absolute atomic E-state index is 8.67. The van der Waals surface area contributed by atoms with E-state index in [1.807, 2.05) is 24.3 Å². The summed E-state index contributed by atoms with van der Waals surface area (Å²) in [7, 11) is 0. The SMILES string of the molecule is ONCc1ccc(Nc2ccc(N3CCCC3)cc2)cc1. The molecular formula is C17H21N3O. The number of benzene rings is 2. The Morgan fingerprint density at radius 1 is 0.857 bits per heavy atom. The molecule has 0 aliphatic carbocycles. The normalized spacial score (nSPS) is 14.4. The second-order valence-electron chi connectivity index (χ2n) is 5.40. The monoisotopic (exact) mass is 283 g/mol. The third kappa shape index (κ3) is 3.54. The van der Waals surface area contributed by atoms with Crippen LogP contribution in [0.2, 0.25) is 0 Å². The van der Waals surface area contributed by atoms with Gasteiger partial charge in [-0.15, -0.1) is 0 Å². The van der Waals surface area contributed by atoms with E-state index in [-0.39, 0.29) is 0 Å². The summed E-state index contributed by atoms with van der Waals surface area (Å²) in [5.41, 5.74) is 6.65. The van der Waals surface area contributed by atoms with Gasteiger partial charge in [-0.1, -0.05) is 12.1 Å². The molecular weight excluding hydrogens is 262 g/mol. The Labute approximate surface area is 125 Å². The van der Waals surface area contributed by atoms with Crippen molar-refractivity contribution in [3.8, 4) is 0 Å². The van der Waals surface area contributed by atoms with E-state index in [1.54, 1.807) is 0 Å². The highest BCUT2D eigenvalue weighted by Crippen LogP contribution is 2.24. The highest BCUT2D eigenvalue weighted by molar-refractivity contribution is 5.63. The molecule has 0 unspecified atom stereocenters. The van der Waals surface area contributed by atoms with E-state index >= 15 is 0 Å². The van der Waals surface area contributed by atoms with Crippen LogP contribution < -0.4 is 15.7 Å². The second-order valence-corrected chi connectivity index (χ2v) is 5.40. The molecule has 4 nitrogen and oxygen atoms in total. The summed E-state index contributed by atoms with van der Waals surface area (Å²) < 4.78 is 0. The van der Waals surface area contributed by atoms with Crippen LogP contribution in [0, 0.1) is 0 Å². The Balaban J connectivity index is 1.64. The van der Waals surface area contributed by atoms with Gasteiger partial charge >= 0.3 is 0 Å². The van der Waals surface area contributed by atoms with Crippen LogP contribution in [0.5, 0.6) is 0 Å². The van der Waals surface area contributed by atoms with Crippen LogP contribution in [0.15, 0.2) is 48.5 Å². The topological polar surface area (TPSA) is 47.5 Å². The zero-order chi connectivity index (χ0) is 14.5. The Morgan fingerprint density at radius 2 is 1.43 bits per heavy atom. The first-order valence-electron chi connectivity index (χ1n) is 7.43. The molecule has 1 aliphatic rings. The molecule has 2 aromatic rings. The van der Waals surface area contributed by atoms with Crippen molar-refractivity contribution in [1.82, 2.24) is 5.48 Å². The molecule has 1 fully saturated rings. The molecule has 1 saturated heterocycles. The minimum absolute atomic E-state index is 0.463. The molecule has 0 aromatic heterocycles. The van der Waals surface area contributed by atoms with Crippen LogP contribution in [0.25, 0.3) is 0 Å². The van der Waals surface area contributed by atoms with Gasteiger partial charge in [-0.2, -0.15) is 0 Å². The van der Waals surface area contributed by atoms with Crippen molar-refractivity contribution in [2.75, 3.05) is 23.3 Å². The minimum atomic E-state index is 0.463. The van der Waals surface area contributed by atoms with E-state index in [0.29, 0.717) is 6.54 Å². The first-order chi connectivity index (χ1) is 10.3. The maximum atomic E-state index is 8.67. The summed E-state index contributed by atoms with van der Waals surface area (Å²) in [4.78, 5) is 2.43. The highest BCUT2D eigenvalue weighted by Gasteiger charge is 2.11. The fourth-order valence-corrected chi connectivity index (χ4v) is 2.69. The number of anilines is 3. The van der Waals surface area contributed by atoms with Gasteiger partial charge < -0.3 is 15.4 Å². The van der Waals surface area contributed by atoms with E-state index in [1.165, 1.54) is 31.6 Å². The molecule has 0 bridgehead atoms. The molecule has 110 valence electrons. The lowest BCUT2D eigenvalue weighted by atomic mass is 10.2. The van der Waals surface area contributed by atoms with Gasteiger partial charge in [0.25, 0.3) is 0 Å². The predicted molar refractivity (Wildman–Crippen MR) is 86.2 cm³/mol. The standard InChI is InChI=1S/C17H21N3O/c21-18-13-14-3-5-15(6-4-14)19-16-7-9-17(10-8-16)20-11-1-2-12-20/h3-10,18-19,21H,1-2,11-13H2. The lowest BCUT2D eigenvalue weighted by Gasteiger charge is -2.18. The van der Waals surface area contributed by atoms with E-state index < -0.39 is 0 Å². The van der Waals surface area contributed by atoms with Crippen LogP contribution in [0.3, 0.4) is 0 Å². The molecule has 0 amide bonds. The van der Waals surface area contributed by atoms with Crippen molar-refractivity contribution < 1.29 is 5.21 Å². The lowest BCUT2D eigenvalue weighted by Crippen LogP contribution is -2.17. The van der Waals surface area contributed by atoms with Crippen molar-refractivity contribution in [3.63, 3.8) is 0 Å². The van der Waals surface area contributed by atoms with Gasteiger partial charge in [-0.25, -0.2) is 5.48 Å². The third-order valence-electron chi connectivity index (χ3n) is 3.86. The van der Waals surface area contributed by atoms with Gasteiger partial charge in [0.15, 0.2) is 0 Å². The highest BCUT2D eigenvalue weighted by atomic mass is 16.5. The van der Waals surface area contributed by atoms with Crippen molar-refractivity contribution in [3.05, 3.63) is 54.1 Å². The van der Waals surface area contributed by atoms with Gasteiger partial charge in [0.05, 0.1) is 0 Å². The average Bonchev–Trinajstić information content (AvgIpc) is 3.05. The largest absolute Gasteiger partial charge is 0.372 e. The molecule has 21 heavy (non-hydrogen) atoms. The number of hydroxylamine groups is 1. The Bertz CT molecular complexity index is 560. The predicted octanol–water partition coefficient (Wildman–Crippen LogP) is 3.51. The van der Waals surface area contributed by atoms with Crippen LogP contribution in [0.4, 0.5) is 17.1 Å². The lowest BCUT2D eigenvalue weighted by molar-refractivity contribution is 0.161. The molecule has 0 spiro atoms. The van der Waals surface area contributed by atoms with Gasteiger partial charge in [-0.3, -0.25) is 0 Å². The second kappa shape index (κ2) is 6.61. The number of hydrogen-bond acceptors (Lipinski definition) is 4. The maximum Gasteiger partial charge on any atom is 0.0458 e. The molecule has 0 atom stereocenters. The first kappa shape index (κ1) is 13.9. The molecule has 1 aliphatic heterocycles. The zero-order valence-electron chi connectivity index (χ0n) is 12.0. The Kier molecular flexibility index (Phi) is 4.38.